The number of hydrogen-bond donors (Lipinski definition) is 3. The fourth-order valence-electron chi connectivity index (χ4n) is 3.66. The van der Waals surface area contributed by atoms with Gasteiger partial charge in [-0.05, 0) is 43.9 Å². The first-order valence-corrected chi connectivity index (χ1v) is 11.0. The van der Waals surface area contributed by atoms with Crippen molar-refractivity contribution in [3.8, 4) is 5.75 Å². The third-order valence-electron chi connectivity index (χ3n) is 5.73. The van der Waals surface area contributed by atoms with E-state index in [2.05, 4.69) is 37.9 Å². The highest BCUT2D eigenvalue weighted by atomic mass is 16.5. The number of methoxy groups -OCH3 is 1. The highest BCUT2D eigenvalue weighted by molar-refractivity contribution is 5.80. The normalized spacial score (nSPS) is 15.5. The van der Waals surface area contributed by atoms with Crippen molar-refractivity contribution in [2.24, 2.45) is 17.8 Å². The molecule has 2 aromatic rings. The Balaban J connectivity index is 1.58. The summed E-state index contributed by atoms with van der Waals surface area (Å²) < 4.78 is 7.17. The Labute approximate surface area is 189 Å². The van der Waals surface area contributed by atoms with Crippen molar-refractivity contribution in [3.63, 3.8) is 0 Å². The number of carbonyl (C=O) groups is 1. The maximum absolute atomic E-state index is 11.2. The molecule has 1 amide bonds. The molecule has 1 aromatic heterocycles. The predicted octanol–water partition coefficient (Wildman–Crippen LogP) is 0.360. The first kappa shape index (κ1) is 23.5. The van der Waals surface area contributed by atoms with E-state index in [1.54, 1.807) is 7.11 Å². The van der Waals surface area contributed by atoms with Crippen LogP contribution in [0.15, 0.2) is 29.3 Å². The molecule has 0 spiro atoms. The monoisotopic (exact) mass is 442 g/mol. The zero-order valence-corrected chi connectivity index (χ0v) is 19.2. The third-order valence-corrected chi connectivity index (χ3v) is 5.73. The zero-order valence-electron chi connectivity index (χ0n) is 19.2. The van der Waals surface area contributed by atoms with Gasteiger partial charge in [0, 0.05) is 32.7 Å². The number of aliphatic imine (C=N–C) groups is 1. The van der Waals surface area contributed by atoms with Crippen LogP contribution in [-0.4, -0.2) is 70.9 Å². The predicted molar refractivity (Wildman–Crippen MR) is 123 cm³/mol. The van der Waals surface area contributed by atoms with Crippen LogP contribution in [0.2, 0.25) is 0 Å². The van der Waals surface area contributed by atoms with Gasteiger partial charge in [-0.15, -0.1) is 10.2 Å². The number of benzene rings is 1. The lowest BCUT2D eigenvalue weighted by Crippen LogP contribution is -2.50. The average molecular weight is 443 g/mol. The summed E-state index contributed by atoms with van der Waals surface area (Å²) in [5.74, 6) is 3.01. The molecule has 0 aliphatic carbocycles. The number of aryl methyl sites for hydroxylation is 1. The third kappa shape index (κ3) is 6.94. The molecule has 32 heavy (non-hydrogen) atoms. The minimum atomic E-state index is -0.280. The molecule has 1 aliphatic rings. The number of guanidine groups is 1. The van der Waals surface area contributed by atoms with Crippen LogP contribution in [0.3, 0.4) is 0 Å². The number of primary amides is 1. The number of piperidine rings is 1. The summed E-state index contributed by atoms with van der Waals surface area (Å²) in [7, 11) is 3.61. The van der Waals surface area contributed by atoms with E-state index in [-0.39, 0.29) is 11.9 Å². The van der Waals surface area contributed by atoms with Crippen LogP contribution < -0.4 is 21.1 Å². The van der Waals surface area contributed by atoms with E-state index in [0.717, 1.165) is 62.3 Å². The topological polar surface area (TPSA) is 123 Å². The van der Waals surface area contributed by atoms with Gasteiger partial charge in [-0.1, -0.05) is 12.1 Å². The van der Waals surface area contributed by atoms with E-state index in [0.29, 0.717) is 13.1 Å². The second kappa shape index (κ2) is 11.5. The maximum Gasteiger partial charge on any atom is 0.231 e. The van der Waals surface area contributed by atoms with E-state index in [9.17, 15) is 4.79 Å². The van der Waals surface area contributed by atoms with Crippen molar-refractivity contribution < 1.29 is 9.53 Å². The lowest BCUT2D eigenvalue weighted by molar-refractivity contribution is -0.119. The average Bonchev–Trinajstić information content (AvgIpc) is 3.11. The molecule has 0 atom stereocenters. The Morgan fingerprint density at radius 1 is 1.25 bits per heavy atom. The Morgan fingerprint density at radius 3 is 2.56 bits per heavy atom. The maximum atomic E-state index is 11.2. The number of nitrogens with one attached hydrogen (secondary N) is 2. The van der Waals surface area contributed by atoms with E-state index in [1.165, 1.54) is 5.56 Å². The van der Waals surface area contributed by atoms with E-state index >= 15 is 0 Å². The quantitative estimate of drug-likeness (QED) is 0.378. The highest BCUT2D eigenvalue weighted by Gasteiger charge is 2.21. The largest absolute Gasteiger partial charge is 0.497 e. The molecule has 2 heterocycles. The van der Waals surface area contributed by atoms with Crippen LogP contribution >= 0.6 is 0 Å². The summed E-state index contributed by atoms with van der Waals surface area (Å²) in [6, 6.07) is 8.37. The first-order valence-electron chi connectivity index (χ1n) is 11.0. The summed E-state index contributed by atoms with van der Waals surface area (Å²) in [5, 5.41) is 15.3. The Hall–Kier alpha value is -3.14. The van der Waals surface area contributed by atoms with Gasteiger partial charge in [0.15, 0.2) is 11.8 Å². The van der Waals surface area contributed by atoms with Crippen molar-refractivity contribution in [3.05, 3.63) is 41.5 Å². The number of carbonyl (C=O) groups excluding carboxylic acids is 1. The van der Waals surface area contributed by atoms with E-state index in [1.807, 2.05) is 30.7 Å². The smallest absolute Gasteiger partial charge is 0.231 e. The number of nitrogens with two attached hydrogens (primary N) is 1. The second-order valence-corrected chi connectivity index (χ2v) is 8.07. The Bertz CT molecular complexity index is 901. The molecule has 1 aromatic carbocycles. The molecule has 0 saturated carbocycles. The fraction of sp³-hybridized carbons (Fsp3) is 0.545. The lowest BCUT2D eigenvalue weighted by atomic mass is 10.1. The van der Waals surface area contributed by atoms with Crippen LogP contribution in [0.25, 0.3) is 0 Å². The highest BCUT2D eigenvalue weighted by Crippen LogP contribution is 2.12. The Kier molecular flexibility index (Phi) is 8.43. The number of ether oxygens (including phenoxy) is 1. The van der Waals surface area contributed by atoms with Gasteiger partial charge < -0.3 is 25.7 Å². The molecule has 0 unspecified atom stereocenters. The van der Waals surface area contributed by atoms with Gasteiger partial charge in [-0.3, -0.25) is 9.69 Å². The van der Waals surface area contributed by atoms with E-state index in [4.69, 9.17) is 15.5 Å². The summed E-state index contributed by atoms with van der Waals surface area (Å²) in [5.41, 5.74) is 6.54. The van der Waals surface area contributed by atoms with Gasteiger partial charge in [0.05, 0.1) is 13.7 Å². The first-order chi connectivity index (χ1) is 15.4. The summed E-state index contributed by atoms with van der Waals surface area (Å²) in [6.07, 6.45) is 2.72. The molecule has 1 aliphatic heterocycles. The number of hydrogen-bond acceptors (Lipinski definition) is 6. The van der Waals surface area contributed by atoms with Crippen molar-refractivity contribution in [2.45, 2.75) is 38.8 Å². The van der Waals surface area contributed by atoms with Gasteiger partial charge in [0.2, 0.25) is 5.91 Å². The number of rotatable bonds is 9. The van der Waals surface area contributed by atoms with Gasteiger partial charge in [-0.2, -0.15) is 0 Å². The van der Waals surface area contributed by atoms with Crippen LogP contribution in [0, 0.1) is 6.92 Å². The van der Waals surface area contributed by atoms with Gasteiger partial charge in [-0.25, -0.2) is 4.99 Å². The summed E-state index contributed by atoms with van der Waals surface area (Å²) in [4.78, 5) is 18.0. The molecule has 1 saturated heterocycles. The number of likely N-dealkylation sites (tertiary alicyclic amines) is 1. The molecular weight excluding hydrogens is 408 g/mol. The van der Waals surface area contributed by atoms with Crippen LogP contribution in [-0.2, 0) is 24.8 Å². The minimum Gasteiger partial charge on any atom is -0.497 e. The zero-order chi connectivity index (χ0) is 22.9. The van der Waals surface area contributed by atoms with Crippen molar-refractivity contribution >= 4 is 11.9 Å². The molecule has 1 fully saturated rings. The molecule has 3 rings (SSSR count). The van der Waals surface area contributed by atoms with E-state index < -0.39 is 0 Å². The van der Waals surface area contributed by atoms with Gasteiger partial charge >= 0.3 is 0 Å². The Morgan fingerprint density at radius 2 is 1.97 bits per heavy atom. The van der Waals surface area contributed by atoms with Crippen molar-refractivity contribution in [1.29, 1.82) is 0 Å². The lowest BCUT2D eigenvalue weighted by Gasteiger charge is -2.32. The van der Waals surface area contributed by atoms with Gasteiger partial charge in [0.1, 0.15) is 18.1 Å². The molecule has 10 nitrogen and oxygen atoms in total. The van der Waals surface area contributed by atoms with Crippen molar-refractivity contribution in [2.75, 3.05) is 33.3 Å². The fourth-order valence-corrected chi connectivity index (χ4v) is 3.66. The summed E-state index contributed by atoms with van der Waals surface area (Å²) in [6.45, 7) is 5.10. The number of nitrogens with zero attached hydrogens (tertiary/aromatic N) is 5. The minimum absolute atomic E-state index is 0.280. The molecular formula is C22H34N8O2. The van der Waals surface area contributed by atoms with Gasteiger partial charge in [0.25, 0.3) is 0 Å². The van der Waals surface area contributed by atoms with Crippen LogP contribution in [0.1, 0.15) is 30.1 Å². The molecule has 174 valence electrons. The molecule has 0 bridgehead atoms. The molecule has 4 N–H and O–H groups in total. The van der Waals surface area contributed by atoms with Crippen LogP contribution in [0.4, 0.5) is 0 Å². The standard InChI is InChI=1S/C22H34N8O2/c1-16-27-28-21(29(16)2)14-25-22(24-11-8-17-4-6-19(32-3)7-5-17)26-18-9-12-30(13-10-18)15-20(23)31/h4-7,18H,8-15H2,1-3H3,(H2,23,31)(H2,24,25,26). The number of aromatic nitrogens is 3. The molecule has 0 radical (unpaired) electrons. The van der Waals surface area contributed by atoms with Crippen LogP contribution in [0.5, 0.6) is 5.75 Å². The van der Waals surface area contributed by atoms with Crippen molar-refractivity contribution in [1.82, 2.24) is 30.3 Å². The summed E-state index contributed by atoms with van der Waals surface area (Å²) >= 11 is 0. The molecule has 10 heteroatoms. The second-order valence-electron chi connectivity index (χ2n) is 8.07. The number of amides is 1. The SMILES string of the molecule is COc1ccc(CCNC(=NCc2nnc(C)n2C)NC2CCN(CC(N)=O)CC2)cc1.